The molecule has 4 rings (SSSR count). The number of aromatic nitrogens is 1. The van der Waals surface area contributed by atoms with Gasteiger partial charge in [0.1, 0.15) is 18.0 Å². The van der Waals surface area contributed by atoms with Crippen molar-refractivity contribution >= 4 is 31.4 Å². The summed E-state index contributed by atoms with van der Waals surface area (Å²) in [7, 11) is -0.472. The minimum absolute atomic E-state index is 0.0161. The van der Waals surface area contributed by atoms with E-state index in [1.807, 2.05) is 37.8 Å². The molecule has 0 aliphatic carbocycles. The fourth-order valence-electron chi connectivity index (χ4n) is 5.75. The molecule has 2 aliphatic rings. The fraction of sp³-hybridized carbons (Fsp3) is 0.625. The van der Waals surface area contributed by atoms with Crippen molar-refractivity contribution < 1.29 is 28.2 Å². The summed E-state index contributed by atoms with van der Waals surface area (Å²) < 4.78 is 23.6. The van der Waals surface area contributed by atoms with Gasteiger partial charge in [-0.15, -0.1) is 0 Å². The number of hydrogen-bond acceptors (Lipinski definition) is 6. The first-order valence-corrected chi connectivity index (χ1v) is 17.8. The van der Waals surface area contributed by atoms with Gasteiger partial charge in [0.2, 0.25) is 0 Å². The van der Waals surface area contributed by atoms with Crippen LogP contribution in [0.25, 0.3) is 10.9 Å². The fourth-order valence-corrected chi connectivity index (χ4v) is 6.76. The van der Waals surface area contributed by atoms with Crippen molar-refractivity contribution in [2.75, 3.05) is 40.0 Å². The van der Waals surface area contributed by atoms with Crippen LogP contribution in [0.2, 0.25) is 18.1 Å². The van der Waals surface area contributed by atoms with Gasteiger partial charge in [0.15, 0.2) is 8.32 Å². The Labute approximate surface area is 251 Å². The maximum Gasteiger partial charge on any atom is 0.410 e. The average molecular weight is 600 g/mol. The van der Waals surface area contributed by atoms with Crippen molar-refractivity contribution in [1.29, 1.82) is 0 Å². The Morgan fingerprint density at radius 2 is 1.79 bits per heavy atom. The number of aromatic amines is 1. The Bertz CT molecular complexity index is 1310. The van der Waals surface area contributed by atoms with E-state index in [9.17, 15) is 9.59 Å². The first-order chi connectivity index (χ1) is 19.5. The van der Waals surface area contributed by atoms with Gasteiger partial charge >= 0.3 is 12.2 Å². The highest BCUT2D eigenvalue weighted by Gasteiger charge is 2.51. The topological polar surface area (TPSA) is 93.3 Å². The maximum absolute atomic E-state index is 13.7. The van der Waals surface area contributed by atoms with E-state index in [0.717, 1.165) is 22.3 Å². The van der Waals surface area contributed by atoms with Crippen molar-refractivity contribution in [3.8, 4) is 5.75 Å². The zero-order chi connectivity index (χ0) is 31.1. The molecule has 0 radical (unpaired) electrons. The SMILES string of the molecule is C=CCOC(=O)N1CC2(CCN(C(=O)OC(C)(C)C)CC2)c2c([nH]c3cc(OC)ccc23)[C@@H]1CO[Si](C)(C)C(C)(C)C. The molecule has 1 N–H and O–H groups in total. The lowest BCUT2D eigenvalue weighted by atomic mass is 9.68. The maximum atomic E-state index is 13.7. The van der Waals surface area contributed by atoms with E-state index in [0.29, 0.717) is 39.1 Å². The van der Waals surface area contributed by atoms with E-state index < -0.39 is 20.0 Å². The highest BCUT2D eigenvalue weighted by molar-refractivity contribution is 6.74. The molecule has 2 amide bonds. The van der Waals surface area contributed by atoms with Crippen LogP contribution < -0.4 is 4.74 Å². The number of likely N-dealkylation sites (tertiary alicyclic amines) is 1. The van der Waals surface area contributed by atoms with Crippen molar-refractivity contribution in [2.24, 2.45) is 0 Å². The molecule has 2 aliphatic heterocycles. The van der Waals surface area contributed by atoms with Crippen LogP contribution in [0.15, 0.2) is 30.9 Å². The molecule has 232 valence electrons. The third kappa shape index (κ3) is 6.34. The molecule has 0 unspecified atom stereocenters. The monoisotopic (exact) mass is 599 g/mol. The molecule has 1 saturated heterocycles. The molecule has 0 bridgehead atoms. The number of carbonyl (C=O) groups excluding carboxylic acids is 2. The molecule has 1 fully saturated rings. The molecular weight excluding hydrogens is 550 g/mol. The quantitative estimate of drug-likeness (QED) is 0.280. The van der Waals surface area contributed by atoms with Gasteiger partial charge in [0.25, 0.3) is 0 Å². The van der Waals surface area contributed by atoms with Crippen molar-refractivity contribution in [3.63, 3.8) is 0 Å². The van der Waals surface area contributed by atoms with Gasteiger partial charge in [-0.2, -0.15) is 0 Å². The second-order valence-electron chi connectivity index (χ2n) is 14.2. The predicted octanol–water partition coefficient (Wildman–Crippen LogP) is 7.15. The second-order valence-corrected chi connectivity index (χ2v) is 19.0. The van der Waals surface area contributed by atoms with Gasteiger partial charge in [-0.3, -0.25) is 4.90 Å². The zero-order valence-electron chi connectivity index (χ0n) is 26.9. The minimum atomic E-state index is -2.13. The number of amides is 2. The number of ether oxygens (including phenoxy) is 3. The van der Waals surface area contributed by atoms with Crippen molar-refractivity contribution in [3.05, 3.63) is 42.1 Å². The molecule has 42 heavy (non-hydrogen) atoms. The largest absolute Gasteiger partial charge is 0.497 e. The van der Waals surface area contributed by atoms with Crippen molar-refractivity contribution in [1.82, 2.24) is 14.8 Å². The highest BCUT2D eigenvalue weighted by atomic mass is 28.4. The van der Waals surface area contributed by atoms with E-state index in [1.54, 1.807) is 18.1 Å². The van der Waals surface area contributed by atoms with Gasteiger partial charge in [0.05, 0.1) is 19.8 Å². The lowest BCUT2D eigenvalue weighted by Gasteiger charge is -2.50. The van der Waals surface area contributed by atoms with E-state index in [4.69, 9.17) is 18.6 Å². The predicted molar refractivity (Wildman–Crippen MR) is 168 cm³/mol. The summed E-state index contributed by atoms with van der Waals surface area (Å²) in [6.07, 6.45) is 2.24. The van der Waals surface area contributed by atoms with Gasteiger partial charge in [-0.25, -0.2) is 9.59 Å². The lowest BCUT2D eigenvalue weighted by molar-refractivity contribution is 0.00728. The van der Waals surface area contributed by atoms with Crippen LogP contribution in [0.4, 0.5) is 9.59 Å². The first kappa shape index (κ1) is 31.9. The number of nitrogens with zero attached hydrogens (tertiary/aromatic N) is 2. The Hall–Kier alpha value is -2.98. The van der Waals surface area contributed by atoms with Crippen LogP contribution in [0.1, 0.15) is 71.7 Å². The number of hydrogen-bond donors (Lipinski definition) is 1. The number of carbonyl (C=O) groups is 2. The number of fused-ring (bicyclic) bond motifs is 4. The molecule has 1 atom stereocenters. The smallest absolute Gasteiger partial charge is 0.410 e. The van der Waals surface area contributed by atoms with E-state index >= 15 is 0 Å². The number of rotatable bonds is 6. The van der Waals surface area contributed by atoms with Crippen LogP contribution in [0, 0.1) is 0 Å². The van der Waals surface area contributed by atoms with E-state index in [2.05, 4.69) is 51.5 Å². The number of nitrogens with one attached hydrogen (secondary N) is 1. The lowest BCUT2D eigenvalue weighted by Crippen LogP contribution is -2.57. The molecular formula is C32H49N3O6Si. The van der Waals surface area contributed by atoms with E-state index in [1.165, 1.54) is 5.56 Å². The van der Waals surface area contributed by atoms with Crippen LogP contribution >= 0.6 is 0 Å². The summed E-state index contributed by atoms with van der Waals surface area (Å²) >= 11 is 0. The third-order valence-corrected chi connectivity index (χ3v) is 13.6. The summed E-state index contributed by atoms with van der Waals surface area (Å²) in [4.78, 5) is 33.9. The minimum Gasteiger partial charge on any atom is -0.497 e. The molecule has 10 heteroatoms. The Kier molecular flexibility index (Phi) is 8.82. The Balaban J connectivity index is 1.79. The van der Waals surface area contributed by atoms with Gasteiger partial charge in [0, 0.05) is 47.7 Å². The van der Waals surface area contributed by atoms with Crippen LogP contribution in [-0.4, -0.2) is 80.8 Å². The van der Waals surface area contributed by atoms with Crippen LogP contribution in [0.3, 0.4) is 0 Å². The molecule has 0 saturated carbocycles. The number of benzene rings is 1. The number of H-pyrrole nitrogens is 1. The molecule has 1 aromatic carbocycles. The molecule has 9 nitrogen and oxygen atoms in total. The average Bonchev–Trinajstić information content (AvgIpc) is 3.29. The third-order valence-electron chi connectivity index (χ3n) is 9.09. The summed E-state index contributed by atoms with van der Waals surface area (Å²) in [6, 6.07) is 5.72. The standard InChI is InChI=1S/C32H49N3O6Si/c1-11-18-39-29(37)35-21-32(14-16-34(17-15-32)28(36)41-30(2,3)4)26-23-13-12-22(38-8)19-24(23)33-27(26)25(35)20-40-42(9,10)31(5,6)7/h11-13,19,25,33H,1,14-18,20-21H2,2-10H3/t25-/m0/s1. The number of piperidine rings is 1. The molecule has 1 aromatic heterocycles. The summed E-state index contributed by atoms with van der Waals surface area (Å²) in [5.41, 5.74) is 2.15. The normalized spacial score (nSPS) is 19.0. The second kappa shape index (κ2) is 11.6. The summed E-state index contributed by atoms with van der Waals surface area (Å²) in [5, 5.41) is 1.12. The van der Waals surface area contributed by atoms with Gasteiger partial charge in [-0.05, 0) is 69.4 Å². The number of methoxy groups -OCH3 is 1. The highest BCUT2D eigenvalue weighted by Crippen LogP contribution is 2.50. The zero-order valence-corrected chi connectivity index (χ0v) is 27.9. The van der Waals surface area contributed by atoms with Crippen molar-refractivity contribution in [2.45, 2.75) is 89.6 Å². The molecule has 2 aromatic rings. The first-order valence-electron chi connectivity index (χ1n) is 14.9. The molecule has 1 spiro atoms. The summed E-state index contributed by atoms with van der Waals surface area (Å²) in [5.74, 6) is 0.756. The van der Waals surface area contributed by atoms with Crippen LogP contribution in [0.5, 0.6) is 5.75 Å². The van der Waals surface area contributed by atoms with Crippen LogP contribution in [-0.2, 0) is 19.3 Å². The van der Waals surface area contributed by atoms with E-state index in [-0.39, 0.29) is 29.2 Å². The summed E-state index contributed by atoms with van der Waals surface area (Å²) in [6.45, 7) is 22.4. The Morgan fingerprint density at radius 1 is 1.12 bits per heavy atom. The molecule has 3 heterocycles. The Morgan fingerprint density at radius 3 is 2.36 bits per heavy atom. The van der Waals surface area contributed by atoms with Gasteiger partial charge < -0.3 is 28.5 Å². The van der Waals surface area contributed by atoms with Gasteiger partial charge in [-0.1, -0.05) is 33.4 Å².